The monoisotopic (exact) mass is 568 g/mol. The Bertz CT molecular complexity index is 945. The Hall–Kier alpha value is -2.56. The second-order valence-corrected chi connectivity index (χ2v) is 7.90. The van der Waals surface area contributed by atoms with Crippen LogP contribution in [0.25, 0.3) is 0 Å². The van der Waals surface area contributed by atoms with Crippen LogP contribution in [-0.2, 0) is 22.5 Å². The van der Waals surface area contributed by atoms with Crippen molar-refractivity contribution in [2.24, 2.45) is 10.9 Å². The van der Waals surface area contributed by atoms with Crippen LogP contribution in [0.3, 0.4) is 0 Å². The molecule has 8 nitrogen and oxygen atoms in total. The largest absolute Gasteiger partial charge is 0.465 e. The predicted molar refractivity (Wildman–Crippen MR) is 138 cm³/mol. The number of nitrogens with one attached hydrogen (secondary N) is 2. The van der Waals surface area contributed by atoms with E-state index in [4.69, 9.17) is 9.15 Å². The topological polar surface area (TPSA) is 96.2 Å². The van der Waals surface area contributed by atoms with Crippen molar-refractivity contribution in [1.29, 1.82) is 0 Å². The fourth-order valence-electron chi connectivity index (χ4n) is 3.79. The second-order valence-electron chi connectivity index (χ2n) is 7.90. The number of hydrogen-bond acceptors (Lipinski definition) is 5. The summed E-state index contributed by atoms with van der Waals surface area (Å²) in [7, 11) is 1.34. The third kappa shape index (κ3) is 7.76. The number of ether oxygens (including phenoxy) is 1. The Balaban J connectivity index is 0.00000385. The summed E-state index contributed by atoms with van der Waals surface area (Å²) >= 11 is 0. The van der Waals surface area contributed by atoms with Gasteiger partial charge in [-0.25, -0.2) is 9.79 Å². The number of furan rings is 1. The van der Waals surface area contributed by atoms with Crippen molar-refractivity contribution >= 4 is 41.8 Å². The summed E-state index contributed by atoms with van der Waals surface area (Å²) in [5.74, 6) is 1.77. The van der Waals surface area contributed by atoms with E-state index in [0.29, 0.717) is 49.1 Å². The van der Waals surface area contributed by atoms with E-state index in [0.717, 1.165) is 19.5 Å². The van der Waals surface area contributed by atoms with Crippen LogP contribution in [0.5, 0.6) is 0 Å². The molecule has 1 aromatic carbocycles. The molecule has 3 rings (SSSR count). The summed E-state index contributed by atoms with van der Waals surface area (Å²) in [5, 5.41) is 6.54. The number of benzene rings is 1. The number of carbonyl (C=O) groups is 2. The zero-order chi connectivity index (χ0) is 22.9. The summed E-state index contributed by atoms with van der Waals surface area (Å²) < 4.78 is 10.4. The van der Waals surface area contributed by atoms with E-state index in [-0.39, 0.29) is 35.8 Å². The van der Waals surface area contributed by atoms with Crippen molar-refractivity contribution in [3.05, 3.63) is 59.0 Å². The number of aliphatic imine (C=N–C) groups is 1. The lowest BCUT2D eigenvalue weighted by Gasteiger charge is -2.18. The molecule has 1 amide bonds. The SMILES string of the molecule is CCNC(=NCc1cc(C(=O)OC)c(C)o1)NCC1CC(=O)N(CCc2ccccc2)C1.I. The summed E-state index contributed by atoms with van der Waals surface area (Å²) in [6, 6.07) is 11.9. The first kappa shape index (κ1) is 26.7. The molecule has 0 aliphatic carbocycles. The van der Waals surface area contributed by atoms with Gasteiger partial charge in [-0.15, -0.1) is 24.0 Å². The fraction of sp³-hybridized carbons (Fsp3) is 0.458. The number of nitrogens with zero attached hydrogens (tertiary/aromatic N) is 2. The smallest absolute Gasteiger partial charge is 0.341 e. The molecule has 2 N–H and O–H groups in total. The Morgan fingerprint density at radius 2 is 2.03 bits per heavy atom. The molecule has 0 spiro atoms. The van der Waals surface area contributed by atoms with Crippen molar-refractivity contribution in [2.45, 2.75) is 33.2 Å². The number of aryl methyl sites for hydroxylation is 1. The van der Waals surface area contributed by atoms with E-state index in [1.165, 1.54) is 12.7 Å². The molecule has 9 heteroatoms. The molecule has 1 fully saturated rings. The number of hydrogen-bond donors (Lipinski definition) is 2. The van der Waals surface area contributed by atoms with Crippen LogP contribution in [0.4, 0.5) is 0 Å². The highest BCUT2D eigenvalue weighted by Gasteiger charge is 2.29. The number of guanidine groups is 1. The van der Waals surface area contributed by atoms with Gasteiger partial charge < -0.3 is 24.7 Å². The van der Waals surface area contributed by atoms with E-state index in [1.54, 1.807) is 13.0 Å². The van der Waals surface area contributed by atoms with Crippen LogP contribution in [0.1, 0.15) is 40.8 Å². The van der Waals surface area contributed by atoms with Crippen LogP contribution >= 0.6 is 24.0 Å². The number of esters is 1. The Morgan fingerprint density at radius 3 is 2.73 bits per heavy atom. The molecule has 0 saturated carbocycles. The molecule has 33 heavy (non-hydrogen) atoms. The molecule has 1 aromatic heterocycles. The minimum absolute atomic E-state index is 0. The van der Waals surface area contributed by atoms with Gasteiger partial charge in [0.05, 0.1) is 7.11 Å². The Kier molecular flexibility index (Phi) is 10.7. The Labute approximate surface area is 212 Å². The van der Waals surface area contributed by atoms with Gasteiger partial charge in [0.25, 0.3) is 0 Å². The number of methoxy groups -OCH3 is 1. The van der Waals surface area contributed by atoms with Crippen LogP contribution in [0.15, 0.2) is 45.8 Å². The van der Waals surface area contributed by atoms with Gasteiger partial charge in [-0.2, -0.15) is 0 Å². The van der Waals surface area contributed by atoms with Crippen molar-refractivity contribution in [2.75, 3.05) is 33.3 Å². The third-order valence-electron chi connectivity index (χ3n) is 5.48. The fourth-order valence-corrected chi connectivity index (χ4v) is 3.79. The Morgan fingerprint density at radius 1 is 1.27 bits per heavy atom. The van der Waals surface area contributed by atoms with Crippen molar-refractivity contribution in [3.8, 4) is 0 Å². The van der Waals surface area contributed by atoms with Gasteiger partial charge in [0, 0.05) is 38.5 Å². The molecule has 1 aliphatic heterocycles. The maximum absolute atomic E-state index is 12.4. The van der Waals surface area contributed by atoms with Crippen LogP contribution < -0.4 is 10.6 Å². The van der Waals surface area contributed by atoms with Crippen LogP contribution in [-0.4, -0.2) is 56.0 Å². The van der Waals surface area contributed by atoms with E-state index in [9.17, 15) is 9.59 Å². The average Bonchev–Trinajstić information content (AvgIpc) is 3.36. The summed E-state index contributed by atoms with van der Waals surface area (Å²) in [6.07, 6.45) is 1.41. The van der Waals surface area contributed by atoms with E-state index in [2.05, 4.69) is 27.8 Å². The third-order valence-corrected chi connectivity index (χ3v) is 5.48. The normalized spacial score (nSPS) is 15.8. The van der Waals surface area contributed by atoms with Crippen LogP contribution in [0, 0.1) is 12.8 Å². The molecular formula is C24H33IN4O4. The first-order chi connectivity index (χ1) is 15.5. The maximum atomic E-state index is 12.4. The molecule has 0 radical (unpaired) electrons. The van der Waals surface area contributed by atoms with E-state index in [1.807, 2.05) is 30.0 Å². The molecule has 1 unspecified atom stereocenters. The van der Waals surface area contributed by atoms with Gasteiger partial charge in [0.2, 0.25) is 5.91 Å². The number of carbonyl (C=O) groups excluding carboxylic acids is 2. The lowest BCUT2D eigenvalue weighted by molar-refractivity contribution is -0.127. The van der Waals surface area contributed by atoms with Gasteiger partial charge >= 0.3 is 5.97 Å². The van der Waals surface area contributed by atoms with Gasteiger partial charge in [-0.1, -0.05) is 30.3 Å². The van der Waals surface area contributed by atoms with Crippen molar-refractivity contribution < 1.29 is 18.7 Å². The van der Waals surface area contributed by atoms with Gasteiger partial charge in [0.1, 0.15) is 23.6 Å². The first-order valence-corrected chi connectivity index (χ1v) is 11.0. The molecule has 0 bridgehead atoms. The number of amides is 1. The zero-order valence-corrected chi connectivity index (χ0v) is 21.8. The zero-order valence-electron chi connectivity index (χ0n) is 19.4. The minimum atomic E-state index is -0.422. The maximum Gasteiger partial charge on any atom is 0.341 e. The van der Waals surface area contributed by atoms with Gasteiger partial charge in [0.15, 0.2) is 5.96 Å². The highest BCUT2D eigenvalue weighted by Crippen LogP contribution is 2.18. The van der Waals surface area contributed by atoms with E-state index < -0.39 is 5.97 Å². The minimum Gasteiger partial charge on any atom is -0.465 e. The number of rotatable bonds is 9. The second kappa shape index (κ2) is 13.2. The van der Waals surface area contributed by atoms with Crippen molar-refractivity contribution in [3.63, 3.8) is 0 Å². The van der Waals surface area contributed by atoms with Gasteiger partial charge in [-0.3, -0.25) is 4.79 Å². The molecule has 1 atom stereocenters. The molecule has 2 aromatic rings. The van der Waals surface area contributed by atoms with Crippen LogP contribution in [0.2, 0.25) is 0 Å². The molecule has 1 saturated heterocycles. The van der Waals surface area contributed by atoms with Crippen molar-refractivity contribution in [1.82, 2.24) is 15.5 Å². The average molecular weight is 568 g/mol. The summed E-state index contributed by atoms with van der Waals surface area (Å²) in [5.41, 5.74) is 1.66. The molecule has 2 heterocycles. The summed E-state index contributed by atoms with van der Waals surface area (Å²) in [6.45, 7) is 6.87. The molecule has 180 valence electrons. The highest BCUT2D eigenvalue weighted by molar-refractivity contribution is 14.0. The predicted octanol–water partition coefficient (Wildman–Crippen LogP) is 3.14. The quantitative estimate of drug-likeness (QED) is 0.209. The number of likely N-dealkylation sites (tertiary alicyclic amines) is 1. The first-order valence-electron chi connectivity index (χ1n) is 11.0. The van der Waals surface area contributed by atoms with E-state index >= 15 is 0 Å². The summed E-state index contributed by atoms with van der Waals surface area (Å²) in [4.78, 5) is 30.6. The molecule has 1 aliphatic rings. The lowest BCUT2D eigenvalue weighted by atomic mass is 10.1. The standard InChI is InChI=1S/C24H32N4O4.HI/c1-4-25-24(27-15-20-13-21(17(2)32-20)23(30)31-3)26-14-19-12-22(29)28(16-19)11-10-18-8-6-5-7-9-18;/h5-9,13,19H,4,10-12,14-16H2,1-3H3,(H2,25,26,27);1H. The molecular weight excluding hydrogens is 535 g/mol. The van der Waals surface area contributed by atoms with Gasteiger partial charge in [-0.05, 0) is 31.9 Å². The highest BCUT2D eigenvalue weighted by atomic mass is 127. The lowest BCUT2D eigenvalue weighted by Crippen LogP contribution is -2.40. The number of halogens is 1.